The van der Waals surface area contributed by atoms with Crippen molar-refractivity contribution in [3.8, 4) is 23.3 Å². The molecule has 0 saturated carbocycles. The average molecular weight is 419 g/mol. The Balaban J connectivity index is 1.60. The third-order valence-corrected chi connectivity index (χ3v) is 4.21. The third-order valence-electron chi connectivity index (χ3n) is 4.21. The quantitative estimate of drug-likeness (QED) is 0.521. The topological polar surface area (TPSA) is 82.6 Å². The van der Waals surface area contributed by atoms with Crippen LogP contribution >= 0.6 is 0 Å². The van der Waals surface area contributed by atoms with Crippen molar-refractivity contribution in [2.45, 2.75) is 20.8 Å². The van der Waals surface area contributed by atoms with E-state index in [2.05, 4.69) is 15.3 Å². The summed E-state index contributed by atoms with van der Waals surface area (Å²) in [6.45, 7) is 6.23. The SMILES string of the molecule is CCOc1ccc(/C=C/C(=O)Nc2ccc(Oc3nc(C)cc(C)n3)cc2)cc1OC. The van der Waals surface area contributed by atoms with E-state index in [1.54, 1.807) is 37.5 Å². The number of benzene rings is 2. The Hall–Kier alpha value is -3.87. The molecule has 0 aliphatic rings. The van der Waals surface area contributed by atoms with Crippen LogP contribution in [0.1, 0.15) is 23.9 Å². The number of amides is 1. The van der Waals surface area contributed by atoms with Gasteiger partial charge in [0, 0.05) is 23.2 Å². The molecule has 1 heterocycles. The molecule has 0 spiro atoms. The Labute approximate surface area is 181 Å². The van der Waals surface area contributed by atoms with Crippen LogP contribution in [0.4, 0.5) is 5.69 Å². The maximum absolute atomic E-state index is 12.3. The van der Waals surface area contributed by atoms with Crippen molar-refractivity contribution in [2.75, 3.05) is 19.0 Å². The Morgan fingerprint density at radius 3 is 2.35 bits per heavy atom. The van der Waals surface area contributed by atoms with Crippen molar-refractivity contribution in [3.05, 3.63) is 71.6 Å². The molecule has 3 rings (SSSR count). The van der Waals surface area contributed by atoms with Crippen molar-refractivity contribution in [3.63, 3.8) is 0 Å². The normalized spacial score (nSPS) is 10.7. The van der Waals surface area contributed by atoms with Crippen molar-refractivity contribution < 1.29 is 19.0 Å². The predicted molar refractivity (Wildman–Crippen MR) is 120 cm³/mol. The molecule has 0 fully saturated rings. The summed E-state index contributed by atoms with van der Waals surface area (Å²) >= 11 is 0. The molecule has 0 unspecified atom stereocenters. The summed E-state index contributed by atoms with van der Waals surface area (Å²) in [5, 5.41) is 2.81. The summed E-state index contributed by atoms with van der Waals surface area (Å²) < 4.78 is 16.5. The van der Waals surface area contributed by atoms with Crippen LogP contribution in [0.5, 0.6) is 23.3 Å². The monoisotopic (exact) mass is 419 g/mol. The third kappa shape index (κ3) is 6.30. The molecule has 0 atom stereocenters. The molecule has 1 amide bonds. The Kier molecular flexibility index (Phi) is 7.22. The van der Waals surface area contributed by atoms with Crippen LogP contribution in [-0.4, -0.2) is 29.6 Å². The van der Waals surface area contributed by atoms with Crippen molar-refractivity contribution in [2.24, 2.45) is 0 Å². The molecule has 31 heavy (non-hydrogen) atoms. The summed E-state index contributed by atoms with van der Waals surface area (Å²) in [6, 6.07) is 14.7. The van der Waals surface area contributed by atoms with Gasteiger partial charge in [0.1, 0.15) is 5.75 Å². The molecule has 1 aromatic heterocycles. The molecule has 7 heteroatoms. The summed E-state index contributed by atoms with van der Waals surface area (Å²) in [6.07, 6.45) is 3.17. The fourth-order valence-electron chi connectivity index (χ4n) is 2.87. The molecule has 0 radical (unpaired) electrons. The maximum atomic E-state index is 12.3. The van der Waals surface area contributed by atoms with Gasteiger partial charge in [0.05, 0.1) is 13.7 Å². The fourth-order valence-corrected chi connectivity index (χ4v) is 2.87. The molecule has 3 aromatic rings. The van der Waals surface area contributed by atoms with E-state index in [1.165, 1.54) is 6.08 Å². The van der Waals surface area contributed by atoms with E-state index in [-0.39, 0.29) is 5.91 Å². The number of methoxy groups -OCH3 is 1. The fraction of sp³-hybridized carbons (Fsp3) is 0.208. The number of carbonyl (C=O) groups excluding carboxylic acids is 1. The van der Waals surface area contributed by atoms with E-state index in [9.17, 15) is 4.79 Å². The molecule has 0 saturated heterocycles. The lowest BCUT2D eigenvalue weighted by Gasteiger charge is -2.09. The lowest BCUT2D eigenvalue weighted by molar-refractivity contribution is -0.111. The number of carbonyl (C=O) groups is 1. The standard InChI is InChI=1S/C24H25N3O4/c1-5-30-21-12-6-18(15-22(21)29-4)7-13-23(28)27-19-8-10-20(11-9-19)31-24-25-16(2)14-17(3)26-24/h6-15H,5H2,1-4H3,(H,27,28)/b13-7+. The summed E-state index contributed by atoms with van der Waals surface area (Å²) in [5.41, 5.74) is 3.15. The van der Waals surface area contributed by atoms with Crippen molar-refractivity contribution >= 4 is 17.7 Å². The number of hydrogen-bond donors (Lipinski definition) is 1. The first kappa shape index (κ1) is 21.8. The van der Waals surface area contributed by atoms with E-state index in [4.69, 9.17) is 14.2 Å². The highest BCUT2D eigenvalue weighted by Gasteiger charge is 2.06. The molecular formula is C24H25N3O4. The minimum Gasteiger partial charge on any atom is -0.493 e. The second kappa shape index (κ2) is 10.2. The highest BCUT2D eigenvalue weighted by Crippen LogP contribution is 2.28. The first-order valence-corrected chi connectivity index (χ1v) is 9.87. The number of hydrogen-bond acceptors (Lipinski definition) is 6. The highest BCUT2D eigenvalue weighted by molar-refractivity contribution is 6.02. The highest BCUT2D eigenvalue weighted by atomic mass is 16.5. The summed E-state index contributed by atoms with van der Waals surface area (Å²) in [4.78, 5) is 20.8. The van der Waals surface area contributed by atoms with Gasteiger partial charge >= 0.3 is 6.01 Å². The first-order valence-electron chi connectivity index (χ1n) is 9.87. The zero-order chi connectivity index (χ0) is 22.2. The van der Waals surface area contributed by atoms with Gasteiger partial charge in [0.15, 0.2) is 11.5 Å². The maximum Gasteiger partial charge on any atom is 0.322 e. The van der Waals surface area contributed by atoms with E-state index >= 15 is 0 Å². The first-order chi connectivity index (χ1) is 15.0. The Morgan fingerprint density at radius 1 is 1.00 bits per heavy atom. The number of aromatic nitrogens is 2. The average Bonchev–Trinajstić information content (AvgIpc) is 2.74. The number of nitrogens with zero attached hydrogens (tertiary/aromatic N) is 2. The largest absolute Gasteiger partial charge is 0.493 e. The van der Waals surface area contributed by atoms with Crippen LogP contribution in [0.15, 0.2) is 54.6 Å². The number of ether oxygens (including phenoxy) is 3. The molecule has 0 aliphatic carbocycles. The molecule has 0 bridgehead atoms. The number of nitrogens with one attached hydrogen (secondary N) is 1. The van der Waals surface area contributed by atoms with Crippen LogP contribution in [-0.2, 0) is 4.79 Å². The minimum absolute atomic E-state index is 0.251. The second-order valence-corrected chi connectivity index (χ2v) is 6.73. The molecule has 1 N–H and O–H groups in total. The van der Waals surface area contributed by atoms with Gasteiger partial charge in [-0.1, -0.05) is 6.07 Å². The zero-order valence-electron chi connectivity index (χ0n) is 18.0. The van der Waals surface area contributed by atoms with Crippen LogP contribution < -0.4 is 19.5 Å². The predicted octanol–water partition coefficient (Wildman–Crippen LogP) is 4.94. The van der Waals surface area contributed by atoms with E-state index in [0.29, 0.717) is 35.6 Å². The van der Waals surface area contributed by atoms with Gasteiger partial charge in [0.25, 0.3) is 0 Å². The van der Waals surface area contributed by atoms with Gasteiger partial charge in [-0.05, 0) is 74.9 Å². The van der Waals surface area contributed by atoms with Gasteiger partial charge < -0.3 is 19.5 Å². The van der Waals surface area contributed by atoms with Crippen molar-refractivity contribution in [1.29, 1.82) is 0 Å². The zero-order valence-corrected chi connectivity index (χ0v) is 18.0. The van der Waals surface area contributed by atoms with Gasteiger partial charge in [-0.3, -0.25) is 4.79 Å². The summed E-state index contributed by atoms with van der Waals surface area (Å²) in [5.74, 6) is 1.62. The molecule has 2 aromatic carbocycles. The van der Waals surface area contributed by atoms with Gasteiger partial charge in [0.2, 0.25) is 5.91 Å². The summed E-state index contributed by atoms with van der Waals surface area (Å²) in [7, 11) is 1.58. The van der Waals surface area contributed by atoms with Crippen molar-refractivity contribution in [1.82, 2.24) is 9.97 Å². The van der Waals surface area contributed by atoms with E-state index in [1.807, 2.05) is 45.0 Å². The Bertz CT molecular complexity index is 1060. The van der Waals surface area contributed by atoms with Gasteiger partial charge in [-0.15, -0.1) is 0 Å². The number of rotatable bonds is 8. The molecule has 0 aliphatic heterocycles. The number of aryl methyl sites for hydroxylation is 2. The van der Waals surface area contributed by atoms with Crippen LogP contribution in [0.3, 0.4) is 0 Å². The second-order valence-electron chi connectivity index (χ2n) is 6.73. The lowest BCUT2D eigenvalue weighted by Crippen LogP contribution is -2.07. The van der Waals surface area contributed by atoms with Gasteiger partial charge in [-0.25, -0.2) is 9.97 Å². The lowest BCUT2D eigenvalue weighted by atomic mass is 10.2. The smallest absolute Gasteiger partial charge is 0.322 e. The van der Waals surface area contributed by atoms with Gasteiger partial charge in [-0.2, -0.15) is 0 Å². The van der Waals surface area contributed by atoms with Crippen LogP contribution in [0.2, 0.25) is 0 Å². The van der Waals surface area contributed by atoms with E-state index < -0.39 is 0 Å². The van der Waals surface area contributed by atoms with E-state index in [0.717, 1.165) is 17.0 Å². The minimum atomic E-state index is -0.251. The molecule has 160 valence electrons. The Morgan fingerprint density at radius 2 is 1.71 bits per heavy atom. The molecular weight excluding hydrogens is 394 g/mol. The van der Waals surface area contributed by atoms with Crippen LogP contribution in [0, 0.1) is 13.8 Å². The molecule has 7 nitrogen and oxygen atoms in total. The number of anilines is 1. The van der Waals surface area contributed by atoms with Crippen LogP contribution in [0.25, 0.3) is 6.08 Å².